The molecule has 1 aromatic rings. The molecule has 2 rings (SSSR count). The molecule has 0 amide bonds. The van der Waals surface area contributed by atoms with Crippen LogP contribution in [0.3, 0.4) is 0 Å². The number of nitrogens with zero attached hydrogens (tertiary/aromatic N) is 1. The fourth-order valence-corrected chi connectivity index (χ4v) is 1.96. The van der Waals surface area contributed by atoms with Crippen LogP contribution >= 0.6 is 0 Å². The van der Waals surface area contributed by atoms with E-state index in [-0.39, 0.29) is 12.0 Å². The molecule has 18 heavy (non-hydrogen) atoms. The molecule has 0 spiro atoms. The molecule has 4 nitrogen and oxygen atoms in total. The van der Waals surface area contributed by atoms with Gasteiger partial charge in [-0.15, -0.1) is 9.60 Å². The number of rotatable bonds is 4. The Kier molecular flexibility index (Phi) is 4.15. The lowest BCUT2D eigenvalue weighted by atomic mass is 10.2. The van der Waals surface area contributed by atoms with E-state index >= 15 is 0 Å². The van der Waals surface area contributed by atoms with Gasteiger partial charge in [-0.1, -0.05) is 0 Å². The summed E-state index contributed by atoms with van der Waals surface area (Å²) >= 11 is 0. The van der Waals surface area contributed by atoms with Crippen LogP contribution < -0.4 is 4.74 Å². The molecule has 1 fully saturated rings. The Morgan fingerprint density at radius 1 is 1.44 bits per heavy atom. The molecule has 0 saturated carbocycles. The maximum Gasteiger partial charge on any atom is 0.337 e. The van der Waals surface area contributed by atoms with E-state index in [0.717, 1.165) is 18.0 Å². The minimum Gasteiger partial charge on any atom is -0.492 e. The first-order valence-corrected chi connectivity index (χ1v) is 5.94. The molecule has 0 N–H and O–H groups in total. The lowest BCUT2D eigenvalue weighted by molar-refractivity contribution is -0.00649. The van der Waals surface area contributed by atoms with E-state index in [9.17, 15) is 9.28 Å². The van der Waals surface area contributed by atoms with Crippen molar-refractivity contribution in [3.05, 3.63) is 29.8 Å². The lowest BCUT2D eigenvalue weighted by Crippen LogP contribution is -2.27. The standard InChI is InChI=1S/C13H16FNO3/c1-17-13(16)10-4-6-12(7-5-10)18-9-11-3-2-8-15(11)14/h4-7,11H,2-3,8-9H2,1H3/t11-/m0/s1. The van der Waals surface area contributed by atoms with Crippen LogP contribution in [0.5, 0.6) is 5.75 Å². The van der Waals surface area contributed by atoms with Crippen molar-refractivity contribution in [2.75, 3.05) is 20.3 Å². The van der Waals surface area contributed by atoms with Crippen molar-refractivity contribution < 1.29 is 18.7 Å². The van der Waals surface area contributed by atoms with Crippen molar-refractivity contribution in [2.24, 2.45) is 0 Å². The van der Waals surface area contributed by atoms with Crippen molar-refractivity contribution in [3.8, 4) is 5.75 Å². The van der Waals surface area contributed by atoms with Gasteiger partial charge >= 0.3 is 5.97 Å². The third-order valence-electron chi connectivity index (χ3n) is 3.02. The number of hydrogen-bond acceptors (Lipinski definition) is 4. The van der Waals surface area contributed by atoms with Crippen LogP contribution in [0.1, 0.15) is 23.2 Å². The molecule has 0 unspecified atom stereocenters. The molecule has 0 aromatic heterocycles. The van der Waals surface area contributed by atoms with E-state index < -0.39 is 0 Å². The van der Waals surface area contributed by atoms with E-state index in [1.54, 1.807) is 24.3 Å². The molecule has 98 valence electrons. The number of ether oxygens (including phenoxy) is 2. The number of carbonyl (C=O) groups is 1. The highest BCUT2D eigenvalue weighted by Gasteiger charge is 2.24. The second kappa shape index (κ2) is 5.82. The predicted molar refractivity (Wildman–Crippen MR) is 64.1 cm³/mol. The highest BCUT2D eigenvalue weighted by atomic mass is 19.2. The molecule has 1 aromatic carbocycles. The molecule has 5 heteroatoms. The Morgan fingerprint density at radius 3 is 2.72 bits per heavy atom. The maximum absolute atomic E-state index is 13.2. The topological polar surface area (TPSA) is 38.8 Å². The van der Waals surface area contributed by atoms with Crippen LogP contribution in [-0.2, 0) is 4.74 Å². The van der Waals surface area contributed by atoms with Gasteiger partial charge in [-0.05, 0) is 37.1 Å². The van der Waals surface area contributed by atoms with Gasteiger partial charge in [-0.25, -0.2) is 4.79 Å². The number of halogens is 1. The molecule has 1 heterocycles. The minimum atomic E-state index is -0.382. The first-order chi connectivity index (χ1) is 8.70. The summed E-state index contributed by atoms with van der Waals surface area (Å²) in [6.07, 6.45) is 1.68. The molecule has 1 aliphatic heterocycles. The molecule has 1 atom stereocenters. The number of esters is 1. The van der Waals surface area contributed by atoms with E-state index in [0.29, 0.717) is 24.5 Å². The van der Waals surface area contributed by atoms with Crippen LogP contribution in [0.15, 0.2) is 24.3 Å². The minimum absolute atomic E-state index is 0.162. The summed E-state index contributed by atoms with van der Waals surface area (Å²) in [6, 6.07) is 6.46. The van der Waals surface area contributed by atoms with E-state index in [1.165, 1.54) is 7.11 Å². The Labute approximate surface area is 105 Å². The molecular formula is C13H16FNO3. The molecule has 1 aliphatic rings. The Morgan fingerprint density at radius 2 is 2.17 bits per heavy atom. The fraction of sp³-hybridized carbons (Fsp3) is 0.462. The Balaban J connectivity index is 1.88. The molecule has 0 radical (unpaired) electrons. The quantitative estimate of drug-likeness (QED) is 0.609. The third-order valence-corrected chi connectivity index (χ3v) is 3.02. The van der Waals surface area contributed by atoms with Crippen molar-refractivity contribution in [1.29, 1.82) is 0 Å². The second-order valence-electron chi connectivity index (χ2n) is 4.25. The molecule has 0 aliphatic carbocycles. The maximum atomic E-state index is 13.2. The predicted octanol–water partition coefficient (Wildman–Crippen LogP) is 2.20. The highest BCUT2D eigenvalue weighted by Crippen LogP contribution is 2.19. The summed E-state index contributed by atoms with van der Waals surface area (Å²) in [6.45, 7) is 0.809. The van der Waals surface area contributed by atoms with Gasteiger partial charge in [0.25, 0.3) is 0 Å². The first-order valence-electron chi connectivity index (χ1n) is 5.94. The summed E-state index contributed by atoms with van der Waals surface area (Å²) in [5.41, 5.74) is 0.470. The first kappa shape index (κ1) is 12.8. The number of methoxy groups -OCH3 is 1. The van der Waals surface area contributed by atoms with E-state index in [4.69, 9.17) is 4.74 Å². The highest BCUT2D eigenvalue weighted by molar-refractivity contribution is 5.89. The van der Waals surface area contributed by atoms with Gasteiger partial charge in [0.1, 0.15) is 12.4 Å². The SMILES string of the molecule is COC(=O)c1ccc(OC[C@@H]2CCCN2F)cc1. The van der Waals surface area contributed by atoms with Crippen molar-refractivity contribution in [2.45, 2.75) is 18.9 Å². The van der Waals surface area contributed by atoms with Gasteiger partial charge in [0.15, 0.2) is 0 Å². The molecule has 1 saturated heterocycles. The van der Waals surface area contributed by atoms with Gasteiger partial charge in [0.05, 0.1) is 18.7 Å². The average Bonchev–Trinajstić information content (AvgIpc) is 2.81. The largest absolute Gasteiger partial charge is 0.492 e. The summed E-state index contributed by atoms with van der Waals surface area (Å²) in [7, 11) is 1.34. The third kappa shape index (κ3) is 2.98. The van der Waals surface area contributed by atoms with Crippen molar-refractivity contribution >= 4 is 5.97 Å². The zero-order valence-corrected chi connectivity index (χ0v) is 10.3. The summed E-state index contributed by atoms with van der Waals surface area (Å²) in [5.74, 6) is 0.246. The molecular weight excluding hydrogens is 237 g/mol. The normalized spacial score (nSPS) is 19.8. The monoisotopic (exact) mass is 253 g/mol. The van der Waals surface area contributed by atoms with Gasteiger partial charge in [0.2, 0.25) is 0 Å². The number of benzene rings is 1. The smallest absolute Gasteiger partial charge is 0.337 e. The fourth-order valence-electron chi connectivity index (χ4n) is 1.96. The molecule has 0 bridgehead atoms. The summed E-state index contributed by atoms with van der Waals surface area (Å²) < 4.78 is 23.3. The zero-order valence-electron chi connectivity index (χ0n) is 10.3. The van der Waals surface area contributed by atoms with E-state index in [1.807, 2.05) is 0 Å². The van der Waals surface area contributed by atoms with Gasteiger partial charge < -0.3 is 9.47 Å². The number of hydrogen-bond donors (Lipinski definition) is 0. The second-order valence-corrected chi connectivity index (χ2v) is 4.25. The zero-order chi connectivity index (χ0) is 13.0. The van der Waals surface area contributed by atoms with Crippen molar-refractivity contribution in [1.82, 2.24) is 5.12 Å². The van der Waals surface area contributed by atoms with Crippen molar-refractivity contribution in [3.63, 3.8) is 0 Å². The average molecular weight is 253 g/mol. The Hall–Kier alpha value is -1.62. The Bertz CT molecular complexity index is 407. The van der Waals surface area contributed by atoms with Crippen LogP contribution in [0.2, 0.25) is 0 Å². The summed E-state index contributed by atoms with van der Waals surface area (Å²) in [4.78, 5) is 11.2. The van der Waals surface area contributed by atoms with Gasteiger partial charge in [0, 0.05) is 6.54 Å². The number of carbonyl (C=O) groups excluding carboxylic acids is 1. The van der Waals surface area contributed by atoms with Gasteiger partial charge in [-0.2, -0.15) is 0 Å². The van der Waals surface area contributed by atoms with E-state index in [2.05, 4.69) is 4.74 Å². The van der Waals surface area contributed by atoms with Crippen LogP contribution in [0, 0.1) is 0 Å². The van der Waals surface area contributed by atoms with Crippen LogP contribution in [0.4, 0.5) is 4.48 Å². The summed E-state index contributed by atoms with van der Waals surface area (Å²) in [5, 5.41) is 0.822. The van der Waals surface area contributed by atoms with Crippen LogP contribution in [0.25, 0.3) is 0 Å². The van der Waals surface area contributed by atoms with Crippen LogP contribution in [-0.4, -0.2) is 37.4 Å². The lowest BCUT2D eigenvalue weighted by Gasteiger charge is -2.15. The van der Waals surface area contributed by atoms with Gasteiger partial charge in [-0.3, -0.25) is 0 Å².